The average Bonchev–Trinajstić information content (AvgIpc) is 2.87. The number of aryl methyl sites for hydroxylation is 1. The lowest BCUT2D eigenvalue weighted by atomic mass is 10.1. The minimum absolute atomic E-state index is 0.0121. The van der Waals surface area contributed by atoms with E-state index in [9.17, 15) is 18.0 Å². The van der Waals surface area contributed by atoms with E-state index in [2.05, 4.69) is 10.2 Å². The first-order valence-corrected chi connectivity index (χ1v) is 12.3. The van der Waals surface area contributed by atoms with Crippen LogP contribution < -0.4 is 0 Å². The molecule has 9 heteroatoms. The number of nitrogens with zero attached hydrogens (tertiary/aromatic N) is 3. The second-order valence-electron chi connectivity index (χ2n) is 7.40. The molecule has 0 aliphatic heterocycles. The molecule has 0 spiro atoms. The van der Waals surface area contributed by atoms with E-state index >= 15 is 0 Å². The van der Waals surface area contributed by atoms with Crippen molar-refractivity contribution in [3.05, 3.63) is 102 Å². The lowest BCUT2D eigenvalue weighted by Gasteiger charge is -2.25. The lowest BCUT2D eigenvalue weighted by molar-refractivity contribution is -0.134. The number of amidine groups is 1. The van der Waals surface area contributed by atoms with Crippen LogP contribution in [0.15, 0.2) is 100 Å². The SMILES string of the molecule is CCOC(=O)/C=N/N=C(\c1ccccc1)N(CC(=O)c1ccccc1)S(=O)(=O)c1ccc(C)cc1. The van der Waals surface area contributed by atoms with Gasteiger partial charge in [0.15, 0.2) is 11.6 Å². The van der Waals surface area contributed by atoms with E-state index in [1.54, 1.807) is 79.7 Å². The maximum absolute atomic E-state index is 13.8. The third-order valence-corrected chi connectivity index (χ3v) is 6.61. The van der Waals surface area contributed by atoms with Crippen LogP contribution >= 0.6 is 0 Å². The van der Waals surface area contributed by atoms with E-state index < -0.39 is 28.3 Å². The van der Waals surface area contributed by atoms with Crippen LogP contribution in [0.2, 0.25) is 0 Å². The van der Waals surface area contributed by atoms with Gasteiger partial charge in [-0.2, -0.15) is 0 Å². The molecule has 0 aromatic heterocycles. The van der Waals surface area contributed by atoms with Crippen LogP contribution in [0.3, 0.4) is 0 Å². The van der Waals surface area contributed by atoms with E-state index in [-0.39, 0.29) is 17.3 Å². The number of carbonyl (C=O) groups excluding carboxylic acids is 2. The van der Waals surface area contributed by atoms with Crippen LogP contribution in [-0.4, -0.2) is 49.7 Å². The molecule has 0 saturated heterocycles. The number of Topliss-reactive ketones (excluding diaryl/α,β-unsaturated/α-hetero) is 1. The Morgan fingerprint density at radius 1 is 0.886 bits per heavy atom. The van der Waals surface area contributed by atoms with Crippen molar-refractivity contribution in [3.63, 3.8) is 0 Å². The van der Waals surface area contributed by atoms with Crippen LogP contribution in [0, 0.1) is 6.92 Å². The molecule has 0 unspecified atom stereocenters. The molecule has 8 nitrogen and oxygen atoms in total. The van der Waals surface area contributed by atoms with Gasteiger partial charge in [0.05, 0.1) is 18.0 Å². The van der Waals surface area contributed by atoms with E-state index in [1.165, 1.54) is 12.1 Å². The monoisotopic (exact) mass is 491 g/mol. The van der Waals surface area contributed by atoms with Gasteiger partial charge >= 0.3 is 5.97 Å². The zero-order chi connectivity index (χ0) is 25.3. The summed E-state index contributed by atoms with van der Waals surface area (Å²) >= 11 is 0. The normalized spacial score (nSPS) is 11.9. The molecule has 35 heavy (non-hydrogen) atoms. The maximum Gasteiger partial charge on any atom is 0.351 e. The summed E-state index contributed by atoms with van der Waals surface area (Å²) in [5, 5.41) is 7.81. The first kappa shape index (κ1) is 25.5. The van der Waals surface area contributed by atoms with E-state index in [0.29, 0.717) is 11.1 Å². The van der Waals surface area contributed by atoms with Crippen LogP contribution in [0.4, 0.5) is 0 Å². The molecule has 0 heterocycles. The Kier molecular flexibility index (Phi) is 8.63. The molecule has 0 aliphatic rings. The number of ketones is 1. The fraction of sp³-hybridized carbons (Fsp3) is 0.154. The van der Waals surface area contributed by atoms with Gasteiger partial charge in [-0.25, -0.2) is 17.5 Å². The number of rotatable bonds is 9. The minimum Gasteiger partial charge on any atom is -0.462 e. The number of esters is 1. The van der Waals surface area contributed by atoms with Gasteiger partial charge in [0.1, 0.15) is 6.21 Å². The highest BCUT2D eigenvalue weighted by molar-refractivity contribution is 7.89. The molecule has 0 N–H and O–H groups in total. The Morgan fingerprint density at radius 2 is 1.46 bits per heavy atom. The van der Waals surface area contributed by atoms with Gasteiger partial charge < -0.3 is 4.74 Å². The Bertz CT molecular complexity index is 1320. The van der Waals surface area contributed by atoms with Crippen LogP contribution in [-0.2, 0) is 19.6 Å². The molecule has 0 saturated carbocycles. The summed E-state index contributed by atoms with van der Waals surface area (Å²) in [6.45, 7) is 3.12. The Morgan fingerprint density at radius 3 is 2.03 bits per heavy atom. The topological polar surface area (TPSA) is 105 Å². The van der Waals surface area contributed by atoms with Gasteiger partial charge in [-0.15, -0.1) is 10.2 Å². The Balaban J connectivity index is 2.14. The second kappa shape index (κ2) is 11.8. The summed E-state index contributed by atoms with van der Waals surface area (Å²) in [7, 11) is -4.24. The number of carbonyl (C=O) groups is 2. The highest BCUT2D eigenvalue weighted by Gasteiger charge is 2.31. The lowest BCUT2D eigenvalue weighted by Crippen LogP contribution is -2.41. The fourth-order valence-electron chi connectivity index (χ4n) is 3.11. The molecular formula is C26H25N3O5S. The van der Waals surface area contributed by atoms with Crippen molar-refractivity contribution < 1.29 is 22.7 Å². The second-order valence-corrected chi connectivity index (χ2v) is 9.26. The quantitative estimate of drug-likeness (QED) is 0.149. The number of sulfonamides is 1. The third-order valence-electron chi connectivity index (χ3n) is 4.86. The van der Waals surface area contributed by atoms with E-state index in [0.717, 1.165) is 16.1 Å². The number of ether oxygens (including phenoxy) is 1. The fourth-order valence-corrected chi connectivity index (χ4v) is 4.50. The summed E-state index contributed by atoms with van der Waals surface area (Å²) in [5.41, 5.74) is 1.62. The summed E-state index contributed by atoms with van der Waals surface area (Å²) in [6, 6.07) is 23.1. The van der Waals surface area contributed by atoms with Crippen molar-refractivity contribution in [3.8, 4) is 0 Å². The van der Waals surface area contributed by atoms with Crippen LogP contribution in [0.25, 0.3) is 0 Å². The number of hydrogen-bond acceptors (Lipinski definition) is 7. The van der Waals surface area contributed by atoms with Crippen molar-refractivity contribution in [2.24, 2.45) is 10.2 Å². The largest absolute Gasteiger partial charge is 0.462 e. The maximum atomic E-state index is 13.8. The highest BCUT2D eigenvalue weighted by atomic mass is 32.2. The summed E-state index contributed by atoms with van der Waals surface area (Å²) in [6.07, 6.45) is 0.849. The molecule has 0 amide bonds. The van der Waals surface area contributed by atoms with Crippen LogP contribution in [0.5, 0.6) is 0 Å². The predicted molar refractivity (Wildman–Crippen MR) is 134 cm³/mol. The Labute approximate surface area is 204 Å². The Hall–Kier alpha value is -4.11. The zero-order valence-corrected chi connectivity index (χ0v) is 20.2. The minimum atomic E-state index is -4.24. The third kappa shape index (κ3) is 6.70. The molecule has 180 valence electrons. The van der Waals surface area contributed by atoms with Crippen molar-refractivity contribution in [1.29, 1.82) is 0 Å². The summed E-state index contributed by atoms with van der Waals surface area (Å²) in [5.74, 6) is -1.27. The average molecular weight is 492 g/mol. The first-order chi connectivity index (χ1) is 16.8. The standard InChI is InChI=1S/C26H25N3O5S/c1-3-34-25(31)18-27-28-26(22-12-8-5-9-13-22)29(19-24(30)21-10-6-4-7-11-21)35(32,33)23-16-14-20(2)15-17-23/h4-18H,3,19H2,1-2H3/b27-18+,28-26+. The molecule has 0 bridgehead atoms. The van der Waals surface area contributed by atoms with Gasteiger partial charge in [0.25, 0.3) is 10.0 Å². The molecule has 3 rings (SSSR count). The van der Waals surface area contributed by atoms with Crippen molar-refractivity contribution in [2.45, 2.75) is 18.7 Å². The van der Waals surface area contributed by atoms with E-state index in [4.69, 9.17) is 4.74 Å². The van der Waals surface area contributed by atoms with Crippen molar-refractivity contribution >= 4 is 33.8 Å². The summed E-state index contributed by atoms with van der Waals surface area (Å²) < 4.78 is 33.3. The molecule has 3 aromatic carbocycles. The smallest absolute Gasteiger partial charge is 0.351 e. The predicted octanol–water partition coefficient (Wildman–Crippen LogP) is 3.86. The molecule has 0 atom stereocenters. The van der Waals surface area contributed by atoms with Gasteiger partial charge in [0, 0.05) is 11.1 Å². The van der Waals surface area contributed by atoms with E-state index in [1.807, 2.05) is 6.92 Å². The molecule has 0 aliphatic carbocycles. The van der Waals surface area contributed by atoms with Gasteiger partial charge in [-0.1, -0.05) is 78.4 Å². The number of benzene rings is 3. The van der Waals surface area contributed by atoms with Gasteiger partial charge in [-0.3, -0.25) is 4.79 Å². The highest BCUT2D eigenvalue weighted by Crippen LogP contribution is 2.21. The van der Waals surface area contributed by atoms with Gasteiger partial charge in [0.2, 0.25) is 0 Å². The number of hydrogen-bond donors (Lipinski definition) is 0. The van der Waals surface area contributed by atoms with Crippen LogP contribution in [0.1, 0.15) is 28.4 Å². The molecule has 0 radical (unpaired) electrons. The summed E-state index contributed by atoms with van der Waals surface area (Å²) in [4.78, 5) is 24.8. The zero-order valence-electron chi connectivity index (χ0n) is 19.4. The van der Waals surface area contributed by atoms with Gasteiger partial charge in [-0.05, 0) is 26.0 Å². The molecular weight excluding hydrogens is 466 g/mol. The molecule has 0 fully saturated rings. The van der Waals surface area contributed by atoms with Crippen molar-refractivity contribution in [2.75, 3.05) is 13.2 Å². The first-order valence-electron chi connectivity index (χ1n) is 10.8. The molecule has 3 aromatic rings. The van der Waals surface area contributed by atoms with Crippen molar-refractivity contribution in [1.82, 2.24) is 4.31 Å².